The van der Waals surface area contributed by atoms with E-state index in [0.29, 0.717) is 12.1 Å². The van der Waals surface area contributed by atoms with Crippen LogP contribution in [0, 0.1) is 0 Å². The average Bonchev–Trinajstić information content (AvgIpc) is 2.87. The highest BCUT2D eigenvalue weighted by Crippen LogP contribution is 2.34. The van der Waals surface area contributed by atoms with Gasteiger partial charge < -0.3 is 5.32 Å². The van der Waals surface area contributed by atoms with Crippen LogP contribution in [-0.2, 0) is 12.7 Å². The lowest BCUT2D eigenvalue weighted by Crippen LogP contribution is -2.14. The fourth-order valence-electron chi connectivity index (χ4n) is 2.10. The summed E-state index contributed by atoms with van der Waals surface area (Å²) in [5, 5.41) is 7.08. The van der Waals surface area contributed by atoms with Crippen LogP contribution in [0.1, 0.15) is 36.6 Å². The minimum Gasteiger partial charge on any atom is -0.316 e. The van der Waals surface area contributed by atoms with Crippen molar-refractivity contribution in [1.82, 2.24) is 15.1 Å². The van der Waals surface area contributed by atoms with E-state index in [0.717, 1.165) is 5.69 Å². The number of hydrogen-bond donors (Lipinski definition) is 1. The Kier molecular flexibility index (Phi) is 4.37. The van der Waals surface area contributed by atoms with Gasteiger partial charge in [-0.1, -0.05) is 19.9 Å². The topological polar surface area (TPSA) is 29.9 Å². The first kappa shape index (κ1) is 15.6. The molecule has 0 radical (unpaired) electrons. The number of alkyl halides is 3. The van der Waals surface area contributed by atoms with Crippen LogP contribution in [0.4, 0.5) is 13.2 Å². The van der Waals surface area contributed by atoms with Gasteiger partial charge in [0.2, 0.25) is 0 Å². The predicted molar refractivity (Wildman–Crippen MR) is 75.4 cm³/mol. The van der Waals surface area contributed by atoms with Gasteiger partial charge >= 0.3 is 6.18 Å². The number of halogens is 3. The molecule has 2 aromatic rings. The summed E-state index contributed by atoms with van der Waals surface area (Å²) in [5.41, 5.74) is 0.732. The molecule has 0 spiro atoms. The molecular formula is C15H18F3N3. The lowest BCUT2D eigenvalue weighted by Gasteiger charge is -2.14. The summed E-state index contributed by atoms with van der Waals surface area (Å²) in [6.07, 6.45) is -2.85. The van der Waals surface area contributed by atoms with Crippen molar-refractivity contribution in [3.8, 4) is 5.69 Å². The second-order valence-electron chi connectivity index (χ2n) is 5.22. The molecule has 0 unspecified atom stereocenters. The van der Waals surface area contributed by atoms with Crippen LogP contribution >= 0.6 is 0 Å². The Morgan fingerprint density at radius 3 is 2.48 bits per heavy atom. The Balaban J connectivity index is 2.51. The van der Waals surface area contributed by atoms with Crippen LogP contribution in [0.3, 0.4) is 0 Å². The van der Waals surface area contributed by atoms with Crippen LogP contribution in [0.5, 0.6) is 0 Å². The van der Waals surface area contributed by atoms with Crippen molar-refractivity contribution in [2.24, 2.45) is 0 Å². The minimum absolute atomic E-state index is 0.0502. The van der Waals surface area contributed by atoms with Gasteiger partial charge in [0, 0.05) is 12.7 Å². The highest BCUT2D eigenvalue weighted by molar-refractivity contribution is 5.45. The Labute approximate surface area is 121 Å². The minimum atomic E-state index is -4.41. The third-order valence-electron chi connectivity index (χ3n) is 3.20. The van der Waals surface area contributed by atoms with Crippen molar-refractivity contribution < 1.29 is 13.2 Å². The van der Waals surface area contributed by atoms with Crippen molar-refractivity contribution in [3.05, 3.63) is 47.3 Å². The summed E-state index contributed by atoms with van der Waals surface area (Å²) in [6, 6.07) is 6.05. The van der Waals surface area contributed by atoms with Gasteiger partial charge in [-0.15, -0.1) is 0 Å². The molecule has 1 N–H and O–H groups in total. The average molecular weight is 297 g/mol. The lowest BCUT2D eigenvalue weighted by atomic mass is 10.1. The number of aromatic nitrogens is 2. The van der Waals surface area contributed by atoms with E-state index in [9.17, 15) is 13.2 Å². The molecule has 1 heterocycles. The summed E-state index contributed by atoms with van der Waals surface area (Å²) in [4.78, 5) is 0. The van der Waals surface area contributed by atoms with Gasteiger partial charge in [0.25, 0.3) is 0 Å². The molecule has 21 heavy (non-hydrogen) atoms. The smallest absolute Gasteiger partial charge is 0.316 e. The first-order valence-electron chi connectivity index (χ1n) is 6.73. The molecular weight excluding hydrogens is 279 g/mol. The molecule has 0 fully saturated rings. The Morgan fingerprint density at radius 1 is 1.24 bits per heavy atom. The number of nitrogens with zero attached hydrogens (tertiary/aromatic N) is 2. The van der Waals surface area contributed by atoms with E-state index < -0.39 is 11.7 Å². The number of benzene rings is 1. The van der Waals surface area contributed by atoms with Gasteiger partial charge in [-0.3, -0.25) is 0 Å². The molecule has 0 bridgehead atoms. The van der Waals surface area contributed by atoms with Crippen LogP contribution in [0.15, 0.2) is 30.5 Å². The van der Waals surface area contributed by atoms with Gasteiger partial charge in [0.1, 0.15) is 0 Å². The molecule has 0 aliphatic heterocycles. The van der Waals surface area contributed by atoms with E-state index >= 15 is 0 Å². The predicted octanol–water partition coefficient (Wildman–Crippen LogP) is 3.73. The Bertz CT molecular complexity index is 615. The summed E-state index contributed by atoms with van der Waals surface area (Å²) in [6.45, 7) is 4.29. The SMILES string of the molecule is CNCc1ccc(-n2ccc(C(C)C)n2)c(C(F)(F)F)c1. The molecule has 1 aromatic heterocycles. The second-order valence-corrected chi connectivity index (χ2v) is 5.22. The monoisotopic (exact) mass is 297 g/mol. The molecule has 6 heteroatoms. The zero-order valence-corrected chi connectivity index (χ0v) is 12.2. The van der Waals surface area contributed by atoms with E-state index in [4.69, 9.17) is 0 Å². The normalized spacial score (nSPS) is 12.1. The van der Waals surface area contributed by atoms with Crippen LogP contribution in [0.2, 0.25) is 0 Å². The van der Waals surface area contributed by atoms with Crippen molar-refractivity contribution in [2.45, 2.75) is 32.5 Å². The van der Waals surface area contributed by atoms with E-state index in [1.54, 1.807) is 25.4 Å². The molecule has 0 aliphatic rings. The zero-order chi connectivity index (χ0) is 15.6. The van der Waals surface area contributed by atoms with Gasteiger partial charge in [0.15, 0.2) is 0 Å². The fraction of sp³-hybridized carbons (Fsp3) is 0.400. The van der Waals surface area contributed by atoms with E-state index in [1.165, 1.54) is 16.8 Å². The summed E-state index contributed by atoms with van der Waals surface area (Å²) >= 11 is 0. The number of nitrogens with one attached hydrogen (secondary N) is 1. The van der Waals surface area contributed by atoms with Gasteiger partial charge in [-0.25, -0.2) is 4.68 Å². The highest BCUT2D eigenvalue weighted by Gasteiger charge is 2.34. The summed E-state index contributed by atoms with van der Waals surface area (Å²) in [5.74, 6) is 0.171. The molecule has 2 rings (SSSR count). The maximum absolute atomic E-state index is 13.3. The molecule has 0 saturated carbocycles. The lowest BCUT2D eigenvalue weighted by molar-refractivity contribution is -0.137. The van der Waals surface area contributed by atoms with E-state index in [1.807, 2.05) is 13.8 Å². The van der Waals surface area contributed by atoms with Crippen LogP contribution in [-0.4, -0.2) is 16.8 Å². The summed E-state index contributed by atoms with van der Waals surface area (Å²) in [7, 11) is 1.70. The standard InChI is InChI=1S/C15H18F3N3/c1-10(2)13-6-7-21(20-13)14-5-4-11(9-19-3)8-12(14)15(16,17)18/h4-8,10,19H,9H2,1-3H3. The van der Waals surface area contributed by atoms with E-state index in [2.05, 4.69) is 10.4 Å². The quantitative estimate of drug-likeness (QED) is 0.932. The largest absolute Gasteiger partial charge is 0.418 e. The molecule has 0 saturated heterocycles. The zero-order valence-electron chi connectivity index (χ0n) is 12.2. The van der Waals surface area contributed by atoms with E-state index in [-0.39, 0.29) is 11.6 Å². The van der Waals surface area contributed by atoms with Crippen molar-refractivity contribution in [2.75, 3.05) is 7.05 Å². The Morgan fingerprint density at radius 2 is 1.95 bits per heavy atom. The molecule has 0 amide bonds. The third-order valence-corrected chi connectivity index (χ3v) is 3.20. The maximum atomic E-state index is 13.3. The number of hydrogen-bond acceptors (Lipinski definition) is 2. The van der Waals surface area contributed by atoms with Gasteiger partial charge in [0.05, 0.1) is 16.9 Å². The Hall–Kier alpha value is -1.82. The maximum Gasteiger partial charge on any atom is 0.418 e. The third kappa shape index (κ3) is 3.44. The van der Waals surface area contributed by atoms with Crippen molar-refractivity contribution >= 4 is 0 Å². The van der Waals surface area contributed by atoms with Crippen molar-refractivity contribution in [3.63, 3.8) is 0 Å². The van der Waals surface area contributed by atoms with Gasteiger partial charge in [-0.05, 0) is 36.7 Å². The first-order valence-corrected chi connectivity index (χ1v) is 6.73. The van der Waals surface area contributed by atoms with Crippen LogP contribution < -0.4 is 5.32 Å². The molecule has 0 aliphatic carbocycles. The first-order chi connectivity index (χ1) is 9.82. The van der Waals surface area contributed by atoms with Crippen molar-refractivity contribution in [1.29, 1.82) is 0 Å². The highest BCUT2D eigenvalue weighted by atomic mass is 19.4. The fourth-order valence-corrected chi connectivity index (χ4v) is 2.10. The number of rotatable bonds is 4. The second kappa shape index (κ2) is 5.89. The van der Waals surface area contributed by atoms with Crippen LogP contribution in [0.25, 0.3) is 5.69 Å². The molecule has 3 nitrogen and oxygen atoms in total. The summed E-state index contributed by atoms with van der Waals surface area (Å²) < 4.78 is 41.1. The van der Waals surface area contributed by atoms with Gasteiger partial charge in [-0.2, -0.15) is 18.3 Å². The molecule has 114 valence electrons. The molecule has 1 aromatic carbocycles. The molecule has 0 atom stereocenters.